The first-order valence-corrected chi connectivity index (χ1v) is 12.8. The third-order valence-corrected chi connectivity index (χ3v) is 10.8. The number of aliphatic hydroxyl groups excluding tert-OH is 1. The zero-order valence-corrected chi connectivity index (χ0v) is 19.4. The fraction of sp³-hybridized carbons (Fsp3) is 0.926. The first kappa shape index (κ1) is 20.6. The molecular weight excluding hydrogens is 356 g/mol. The van der Waals surface area contributed by atoms with Crippen LogP contribution in [0.25, 0.3) is 0 Å². The van der Waals surface area contributed by atoms with Crippen molar-refractivity contribution in [1.29, 1.82) is 0 Å². The Hall–Kier alpha value is -0.340. The van der Waals surface area contributed by atoms with E-state index in [-0.39, 0.29) is 11.7 Å². The lowest BCUT2D eigenvalue weighted by molar-refractivity contribution is -0.0573. The Balaban J connectivity index is 1.29. The molecule has 0 amide bonds. The van der Waals surface area contributed by atoms with Crippen molar-refractivity contribution in [3.63, 3.8) is 0 Å². The monoisotopic (exact) mass is 400 g/mol. The molecule has 1 heterocycles. The molecule has 0 bridgehead atoms. The lowest BCUT2D eigenvalue weighted by atomic mass is 9.47. The van der Waals surface area contributed by atoms with Gasteiger partial charge in [0.15, 0.2) is 0 Å². The summed E-state index contributed by atoms with van der Waals surface area (Å²) in [5, 5.41) is 10.2. The molecule has 9 atom stereocenters. The molecular formula is C27H44O2. The van der Waals surface area contributed by atoms with E-state index in [4.69, 9.17) is 4.74 Å². The van der Waals surface area contributed by atoms with Gasteiger partial charge in [-0.3, -0.25) is 0 Å². The van der Waals surface area contributed by atoms with Crippen LogP contribution in [0.15, 0.2) is 11.6 Å². The Morgan fingerprint density at radius 1 is 1.10 bits per heavy atom. The van der Waals surface area contributed by atoms with Gasteiger partial charge in [-0.1, -0.05) is 45.3 Å². The second-order valence-corrected chi connectivity index (χ2v) is 12.5. The van der Waals surface area contributed by atoms with E-state index in [1.165, 1.54) is 57.8 Å². The van der Waals surface area contributed by atoms with Crippen molar-refractivity contribution in [2.24, 2.45) is 40.4 Å². The molecule has 4 aliphatic carbocycles. The summed E-state index contributed by atoms with van der Waals surface area (Å²) in [5.74, 6) is 4.48. The Morgan fingerprint density at radius 3 is 2.66 bits per heavy atom. The number of epoxide rings is 1. The summed E-state index contributed by atoms with van der Waals surface area (Å²) in [6.07, 6.45) is 16.8. The van der Waals surface area contributed by atoms with Gasteiger partial charge in [0, 0.05) is 0 Å². The number of hydrogen-bond donors (Lipinski definition) is 1. The molecule has 29 heavy (non-hydrogen) atoms. The normalized spacial score (nSPS) is 52.2. The topological polar surface area (TPSA) is 32.8 Å². The van der Waals surface area contributed by atoms with Gasteiger partial charge in [-0.05, 0) is 105 Å². The molecule has 1 saturated heterocycles. The molecule has 1 N–H and O–H groups in total. The maximum Gasteiger partial charge on any atom is 0.0888 e. The number of rotatable bonds is 5. The highest BCUT2D eigenvalue weighted by Crippen LogP contribution is 2.67. The fourth-order valence-electron chi connectivity index (χ4n) is 8.88. The summed E-state index contributed by atoms with van der Waals surface area (Å²) >= 11 is 0. The molecule has 0 spiro atoms. The SMILES string of the molecule is CC(CCCC1(C)CO1)C1CCC2C3CC=C4CC(O)CCC4(C)C3CCC12C. The number of ether oxygens (including phenoxy) is 1. The van der Waals surface area contributed by atoms with E-state index in [9.17, 15) is 5.11 Å². The molecule has 0 aromatic carbocycles. The smallest absolute Gasteiger partial charge is 0.0888 e. The lowest BCUT2D eigenvalue weighted by Gasteiger charge is -2.58. The number of aliphatic hydroxyl groups is 1. The molecule has 5 rings (SSSR count). The van der Waals surface area contributed by atoms with Gasteiger partial charge < -0.3 is 9.84 Å². The molecule has 1 aliphatic heterocycles. The van der Waals surface area contributed by atoms with Crippen LogP contribution in [0.4, 0.5) is 0 Å². The maximum absolute atomic E-state index is 10.2. The van der Waals surface area contributed by atoms with Crippen molar-refractivity contribution in [3.05, 3.63) is 11.6 Å². The lowest BCUT2D eigenvalue weighted by Crippen LogP contribution is -2.50. The predicted octanol–water partition coefficient (Wildman–Crippen LogP) is 6.52. The van der Waals surface area contributed by atoms with Crippen LogP contribution in [-0.2, 0) is 4.74 Å². The molecule has 3 saturated carbocycles. The quantitative estimate of drug-likeness (QED) is 0.421. The highest BCUT2D eigenvalue weighted by molar-refractivity contribution is 5.25. The minimum absolute atomic E-state index is 0.0836. The van der Waals surface area contributed by atoms with Crippen LogP contribution in [-0.4, -0.2) is 23.4 Å². The van der Waals surface area contributed by atoms with Gasteiger partial charge in [-0.15, -0.1) is 0 Å². The van der Waals surface area contributed by atoms with Crippen molar-refractivity contribution in [3.8, 4) is 0 Å². The second kappa shape index (κ2) is 7.09. The first-order chi connectivity index (χ1) is 13.8. The van der Waals surface area contributed by atoms with Gasteiger partial charge in [-0.25, -0.2) is 0 Å². The third-order valence-electron chi connectivity index (χ3n) is 10.8. The van der Waals surface area contributed by atoms with E-state index in [1.807, 2.05) is 0 Å². The van der Waals surface area contributed by atoms with Gasteiger partial charge in [0.05, 0.1) is 18.3 Å². The summed E-state index contributed by atoms with van der Waals surface area (Å²) in [4.78, 5) is 0. The van der Waals surface area contributed by atoms with E-state index < -0.39 is 0 Å². The van der Waals surface area contributed by atoms with Crippen LogP contribution < -0.4 is 0 Å². The van der Waals surface area contributed by atoms with Crippen molar-refractivity contribution in [1.82, 2.24) is 0 Å². The highest BCUT2D eigenvalue weighted by Gasteiger charge is 2.59. The summed E-state index contributed by atoms with van der Waals surface area (Å²) < 4.78 is 5.61. The molecule has 2 heteroatoms. The Morgan fingerprint density at radius 2 is 1.90 bits per heavy atom. The van der Waals surface area contributed by atoms with Crippen molar-refractivity contribution in [2.75, 3.05) is 6.61 Å². The Bertz CT molecular complexity index is 663. The zero-order valence-electron chi connectivity index (χ0n) is 19.4. The van der Waals surface area contributed by atoms with Crippen LogP contribution in [0.2, 0.25) is 0 Å². The van der Waals surface area contributed by atoms with E-state index in [1.54, 1.807) is 5.57 Å². The van der Waals surface area contributed by atoms with Crippen molar-refractivity contribution in [2.45, 2.75) is 110 Å². The Kier molecular flexibility index (Phi) is 5.03. The van der Waals surface area contributed by atoms with Gasteiger partial charge in [0.25, 0.3) is 0 Å². The van der Waals surface area contributed by atoms with E-state index in [0.717, 1.165) is 49.0 Å². The average molecular weight is 401 g/mol. The van der Waals surface area contributed by atoms with Crippen LogP contribution in [0.5, 0.6) is 0 Å². The van der Waals surface area contributed by atoms with E-state index >= 15 is 0 Å². The van der Waals surface area contributed by atoms with Crippen LogP contribution >= 0.6 is 0 Å². The van der Waals surface area contributed by atoms with Crippen molar-refractivity contribution < 1.29 is 9.84 Å². The summed E-state index contributed by atoms with van der Waals surface area (Å²) in [5.41, 5.74) is 2.79. The number of hydrogen-bond acceptors (Lipinski definition) is 2. The summed E-state index contributed by atoms with van der Waals surface area (Å²) in [6, 6.07) is 0. The molecule has 4 fully saturated rings. The molecule has 5 aliphatic rings. The highest BCUT2D eigenvalue weighted by atomic mass is 16.6. The van der Waals surface area contributed by atoms with Gasteiger partial charge >= 0.3 is 0 Å². The van der Waals surface area contributed by atoms with Crippen LogP contribution in [0.1, 0.15) is 98.3 Å². The van der Waals surface area contributed by atoms with E-state index in [2.05, 4.69) is 33.8 Å². The third kappa shape index (κ3) is 3.36. The second-order valence-electron chi connectivity index (χ2n) is 12.5. The molecule has 2 nitrogen and oxygen atoms in total. The van der Waals surface area contributed by atoms with Crippen LogP contribution in [0, 0.1) is 40.4 Å². The zero-order chi connectivity index (χ0) is 20.4. The molecule has 9 unspecified atom stereocenters. The number of fused-ring (bicyclic) bond motifs is 5. The largest absolute Gasteiger partial charge is 0.393 e. The average Bonchev–Trinajstić information content (AvgIpc) is 3.29. The number of allylic oxidation sites excluding steroid dienone is 1. The predicted molar refractivity (Wildman–Crippen MR) is 119 cm³/mol. The fourth-order valence-corrected chi connectivity index (χ4v) is 8.88. The molecule has 0 aromatic heterocycles. The van der Waals surface area contributed by atoms with Gasteiger partial charge in [-0.2, -0.15) is 0 Å². The molecule has 0 aromatic rings. The van der Waals surface area contributed by atoms with E-state index in [0.29, 0.717) is 10.8 Å². The molecule has 0 radical (unpaired) electrons. The standard InChI is InChI=1S/C27H44O2/c1-18(6-5-13-25(2)17-29-25)22-9-10-23-21-8-7-19-16-20(28)11-14-26(19,3)24(21)12-15-27(22,23)4/h7,18,20-24,28H,5-6,8-17H2,1-4H3. The van der Waals surface area contributed by atoms with Gasteiger partial charge in [0.1, 0.15) is 0 Å². The van der Waals surface area contributed by atoms with Crippen LogP contribution in [0.3, 0.4) is 0 Å². The summed E-state index contributed by atoms with van der Waals surface area (Å²) in [7, 11) is 0. The molecule has 164 valence electrons. The first-order valence-electron chi connectivity index (χ1n) is 12.8. The van der Waals surface area contributed by atoms with Crippen molar-refractivity contribution >= 4 is 0 Å². The van der Waals surface area contributed by atoms with Gasteiger partial charge in [0.2, 0.25) is 0 Å². The summed E-state index contributed by atoms with van der Waals surface area (Å²) in [6.45, 7) is 11.1. The Labute approximate surface area is 178 Å². The minimum Gasteiger partial charge on any atom is -0.393 e. The minimum atomic E-state index is -0.0836. The maximum atomic E-state index is 10.2.